The van der Waals surface area contributed by atoms with Gasteiger partial charge in [0, 0.05) is 18.0 Å². The molecule has 0 fully saturated rings. The van der Waals surface area contributed by atoms with Crippen molar-refractivity contribution in [2.75, 3.05) is 0 Å². The Morgan fingerprint density at radius 1 is 1.00 bits per heavy atom. The molecule has 0 bridgehead atoms. The molecule has 2 nitrogen and oxygen atoms in total. The van der Waals surface area contributed by atoms with Gasteiger partial charge in [-0.3, -0.25) is 4.98 Å². The molecule has 0 unspecified atom stereocenters. The summed E-state index contributed by atoms with van der Waals surface area (Å²) in [5, 5.41) is 0. The second-order valence-electron chi connectivity index (χ2n) is 3.15. The predicted octanol–water partition coefficient (Wildman–Crippen LogP) is 3.16. The van der Waals surface area contributed by atoms with E-state index in [9.17, 15) is 13.2 Å². The van der Waals surface area contributed by atoms with Gasteiger partial charge in [-0.15, -0.1) is 0 Å². The molecule has 16 heavy (non-hydrogen) atoms. The van der Waals surface area contributed by atoms with E-state index in [1.807, 2.05) is 0 Å². The number of halogens is 3. The van der Waals surface area contributed by atoms with Crippen molar-refractivity contribution in [1.82, 2.24) is 9.97 Å². The maximum Gasteiger partial charge on any atom is 0.433 e. The maximum atomic E-state index is 12.4. The Morgan fingerprint density at radius 3 is 2.44 bits per heavy atom. The van der Waals surface area contributed by atoms with Crippen LogP contribution in [0, 0.1) is 0 Å². The highest BCUT2D eigenvalue weighted by Crippen LogP contribution is 2.29. The van der Waals surface area contributed by atoms with Gasteiger partial charge in [-0.1, -0.05) is 6.07 Å². The van der Waals surface area contributed by atoms with E-state index in [0.29, 0.717) is 5.56 Å². The molecule has 0 aliphatic rings. The number of hydrogen-bond acceptors (Lipinski definition) is 2. The van der Waals surface area contributed by atoms with Gasteiger partial charge in [0.2, 0.25) is 0 Å². The van der Waals surface area contributed by atoms with Crippen LogP contribution in [0.15, 0.2) is 42.7 Å². The van der Waals surface area contributed by atoms with Crippen LogP contribution in [0.3, 0.4) is 0 Å². The molecule has 2 aromatic heterocycles. The first-order chi connectivity index (χ1) is 7.57. The van der Waals surface area contributed by atoms with Crippen molar-refractivity contribution in [3.8, 4) is 11.3 Å². The molecule has 0 N–H and O–H groups in total. The topological polar surface area (TPSA) is 25.8 Å². The molecular weight excluding hydrogens is 217 g/mol. The molecule has 0 radical (unpaired) electrons. The van der Waals surface area contributed by atoms with E-state index in [2.05, 4.69) is 9.97 Å². The number of hydrogen-bond donors (Lipinski definition) is 0. The summed E-state index contributed by atoms with van der Waals surface area (Å²) in [6, 6.07) is 7.11. The van der Waals surface area contributed by atoms with Crippen LogP contribution >= 0.6 is 0 Å². The molecule has 82 valence electrons. The third kappa shape index (κ3) is 2.18. The van der Waals surface area contributed by atoms with Crippen LogP contribution in [0.5, 0.6) is 0 Å². The molecule has 2 aromatic rings. The second-order valence-corrected chi connectivity index (χ2v) is 3.15. The van der Waals surface area contributed by atoms with E-state index in [1.54, 1.807) is 18.3 Å². The molecule has 0 spiro atoms. The van der Waals surface area contributed by atoms with Gasteiger partial charge >= 0.3 is 6.18 Å². The number of alkyl halides is 3. The van der Waals surface area contributed by atoms with Gasteiger partial charge in [0.05, 0.1) is 5.69 Å². The van der Waals surface area contributed by atoms with E-state index in [-0.39, 0.29) is 5.69 Å². The molecule has 0 saturated carbocycles. The third-order valence-electron chi connectivity index (χ3n) is 2.00. The number of rotatable bonds is 1. The fourth-order valence-electron chi connectivity index (χ4n) is 1.27. The van der Waals surface area contributed by atoms with E-state index < -0.39 is 11.9 Å². The lowest BCUT2D eigenvalue weighted by atomic mass is 10.2. The van der Waals surface area contributed by atoms with Gasteiger partial charge in [-0.25, -0.2) is 4.98 Å². The summed E-state index contributed by atoms with van der Waals surface area (Å²) in [5.74, 6) is 0. The van der Waals surface area contributed by atoms with Crippen molar-refractivity contribution in [3.63, 3.8) is 0 Å². The molecule has 5 heteroatoms. The maximum absolute atomic E-state index is 12.4. The predicted molar refractivity (Wildman–Crippen MR) is 52.5 cm³/mol. The van der Waals surface area contributed by atoms with Crippen molar-refractivity contribution in [2.45, 2.75) is 6.18 Å². The molecule has 0 amide bonds. The first-order valence-electron chi connectivity index (χ1n) is 4.52. The third-order valence-corrected chi connectivity index (χ3v) is 2.00. The van der Waals surface area contributed by atoms with Crippen LogP contribution in [0.2, 0.25) is 0 Å². The van der Waals surface area contributed by atoms with Crippen LogP contribution in [-0.4, -0.2) is 9.97 Å². The fourth-order valence-corrected chi connectivity index (χ4v) is 1.27. The molecule has 0 aliphatic heterocycles. The minimum absolute atomic E-state index is 0.267. The fraction of sp³-hybridized carbons (Fsp3) is 0.0909. The number of nitrogens with zero attached hydrogens (tertiary/aromatic N) is 2. The van der Waals surface area contributed by atoms with Crippen molar-refractivity contribution in [3.05, 3.63) is 48.4 Å². The van der Waals surface area contributed by atoms with E-state index in [0.717, 1.165) is 6.07 Å². The summed E-state index contributed by atoms with van der Waals surface area (Å²) in [5.41, 5.74) is -0.0645. The lowest BCUT2D eigenvalue weighted by molar-refractivity contribution is -0.141. The Bertz CT molecular complexity index is 480. The summed E-state index contributed by atoms with van der Waals surface area (Å²) in [4.78, 5) is 7.38. The van der Waals surface area contributed by atoms with Crippen LogP contribution in [-0.2, 0) is 6.18 Å². The van der Waals surface area contributed by atoms with Gasteiger partial charge in [-0.05, 0) is 24.3 Å². The number of aromatic nitrogens is 2. The standard InChI is InChI=1S/C11H7F3N2/c12-11(13,14)10-5-1-4-9(16-10)8-3-2-6-15-7-8/h1-7H. The number of pyridine rings is 2. The molecule has 2 heterocycles. The Kier molecular flexibility index (Phi) is 2.60. The lowest BCUT2D eigenvalue weighted by Crippen LogP contribution is -2.07. The highest BCUT2D eigenvalue weighted by molar-refractivity contribution is 5.57. The van der Waals surface area contributed by atoms with Crippen molar-refractivity contribution >= 4 is 0 Å². The van der Waals surface area contributed by atoms with Gasteiger partial charge in [-0.2, -0.15) is 13.2 Å². The molecule has 0 saturated heterocycles. The largest absolute Gasteiger partial charge is 0.433 e. The minimum Gasteiger partial charge on any atom is -0.264 e. The summed E-state index contributed by atoms with van der Waals surface area (Å²) < 4.78 is 37.2. The SMILES string of the molecule is FC(F)(F)c1cccc(-c2cccnc2)n1. The molecular formula is C11H7F3N2. The van der Waals surface area contributed by atoms with Crippen molar-refractivity contribution < 1.29 is 13.2 Å². The minimum atomic E-state index is -4.42. The normalized spacial score (nSPS) is 11.4. The van der Waals surface area contributed by atoms with Crippen LogP contribution < -0.4 is 0 Å². The van der Waals surface area contributed by atoms with Gasteiger partial charge in [0.15, 0.2) is 0 Å². The van der Waals surface area contributed by atoms with Gasteiger partial charge < -0.3 is 0 Å². The van der Waals surface area contributed by atoms with Crippen LogP contribution in [0.1, 0.15) is 5.69 Å². The average molecular weight is 224 g/mol. The quantitative estimate of drug-likeness (QED) is 0.743. The van der Waals surface area contributed by atoms with Crippen molar-refractivity contribution in [2.24, 2.45) is 0 Å². The zero-order valence-corrected chi connectivity index (χ0v) is 8.07. The second kappa shape index (κ2) is 3.92. The van der Waals surface area contributed by atoms with Gasteiger partial charge in [0.25, 0.3) is 0 Å². The summed E-state index contributed by atoms with van der Waals surface area (Å²) in [7, 11) is 0. The highest BCUT2D eigenvalue weighted by Gasteiger charge is 2.32. The Labute approximate surface area is 89.8 Å². The summed E-state index contributed by atoms with van der Waals surface area (Å²) in [6.45, 7) is 0. The Balaban J connectivity index is 2.45. The molecule has 2 rings (SSSR count). The first-order valence-corrected chi connectivity index (χ1v) is 4.52. The smallest absolute Gasteiger partial charge is 0.264 e. The van der Waals surface area contributed by atoms with E-state index in [4.69, 9.17) is 0 Å². The van der Waals surface area contributed by atoms with Crippen molar-refractivity contribution in [1.29, 1.82) is 0 Å². The van der Waals surface area contributed by atoms with Crippen LogP contribution in [0.25, 0.3) is 11.3 Å². The zero-order chi connectivity index (χ0) is 11.6. The molecule has 0 aliphatic carbocycles. The molecule has 0 atom stereocenters. The van der Waals surface area contributed by atoms with Gasteiger partial charge in [0.1, 0.15) is 5.69 Å². The Morgan fingerprint density at radius 2 is 1.81 bits per heavy atom. The highest BCUT2D eigenvalue weighted by atomic mass is 19.4. The molecule has 0 aromatic carbocycles. The first kappa shape index (κ1) is 10.6. The lowest BCUT2D eigenvalue weighted by Gasteiger charge is -2.07. The average Bonchev–Trinajstić information content (AvgIpc) is 2.29. The summed E-state index contributed by atoms with van der Waals surface area (Å²) in [6.07, 6.45) is -1.39. The van der Waals surface area contributed by atoms with Crippen LogP contribution in [0.4, 0.5) is 13.2 Å². The Hall–Kier alpha value is -1.91. The summed E-state index contributed by atoms with van der Waals surface area (Å²) >= 11 is 0. The zero-order valence-electron chi connectivity index (χ0n) is 8.07. The van der Waals surface area contributed by atoms with E-state index >= 15 is 0 Å². The monoisotopic (exact) mass is 224 g/mol. The van der Waals surface area contributed by atoms with E-state index in [1.165, 1.54) is 18.3 Å².